The van der Waals surface area contributed by atoms with Gasteiger partial charge in [-0.1, -0.05) is 0 Å². The number of hydrogen-bond donors (Lipinski definition) is 2. The van der Waals surface area contributed by atoms with Gasteiger partial charge in [0, 0.05) is 22.4 Å². The van der Waals surface area contributed by atoms with E-state index < -0.39 is 11.4 Å². The Morgan fingerprint density at radius 1 is 1.14 bits per heavy atom. The van der Waals surface area contributed by atoms with Crippen LogP contribution in [0.4, 0.5) is 0 Å². The molecule has 3 nitrogen and oxygen atoms in total. The molecule has 7 heavy (non-hydrogen) atoms. The molecule has 0 saturated heterocycles. The molecule has 0 aliphatic heterocycles. The summed E-state index contributed by atoms with van der Waals surface area (Å²) < 4.78 is 22.8. The summed E-state index contributed by atoms with van der Waals surface area (Å²) in [5.41, 5.74) is 0. The Labute approximate surface area is 104 Å². The van der Waals surface area contributed by atoms with E-state index in [1.807, 2.05) is 0 Å². The molecule has 0 aliphatic carbocycles. The topological polar surface area (TPSA) is 57.5 Å². The molecule has 41 valence electrons. The Hall–Kier alpha value is 2.81. The molecule has 0 saturated carbocycles. The molecular weight excluding hydrogens is 323 g/mol. The standard InChI is InChI=1S/Au.2Na.H2O3S.2H/c;;;1-4(2)3;;/h;;;(H2,1,2,3);;. The van der Waals surface area contributed by atoms with E-state index in [9.17, 15) is 0 Å². The van der Waals surface area contributed by atoms with Crippen LogP contribution < -0.4 is 0 Å². The van der Waals surface area contributed by atoms with Crippen LogP contribution in [-0.4, -0.2) is 72.4 Å². The maximum atomic E-state index is 8.67. The summed E-state index contributed by atoms with van der Waals surface area (Å²) in [6.45, 7) is 0. The van der Waals surface area contributed by atoms with E-state index in [1.165, 1.54) is 0 Å². The first-order valence-electron chi connectivity index (χ1n) is 0.532. The molecule has 0 aromatic carbocycles. The quantitative estimate of drug-likeness (QED) is 0.416. The monoisotopic (exact) mass is 327 g/mol. The van der Waals surface area contributed by atoms with Crippen molar-refractivity contribution < 1.29 is 35.7 Å². The Bertz CT molecular complexity index is 35.9. The molecule has 0 spiro atoms. The predicted octanol–water partition coefficient (Wildman–Crippen LogP) is -1.62. The molecule has 0 atom stereocenters. The van der Waals surface area contributed by atoms with Crippen molar-refractivity contribution in [3.8, 4) is 0 Å². The summed E-state index contributed by atoms with van der Waals surface area (Å²) in [6, 6.07) is 0. The second-order valence-corrected chi connectivity index (χ2v) is 0.692. The fourth-order valence-electron chi connectivity index (χ4n) is 0. The van der Waals surface area contributed by atoms with Crippen LogP contribution in [0.3, 0.4) is 0 Å². The van der Waals surface area contributed by atoms with Gasteiger partial charge >= 0.3 is 59.1 Å². The molecular formula is H4AuNa2O3S. The molecule has 0 bridgehead atoms. The van der Waals surface area contributed by atoms with Crippen molar-refractivity contribution in [1.29, 1.82) is 0 Å². The third-order valence-corrected chi connectivity index (χ3v) is 0. The average Bonchev–Trinajstić information content (AvgIpc) is 0.811. The van der Waals surface area contributed by atoms with Gasteiger partial charge in [-0.25, -0.2) is 0 Å². The van der Waals surface area contributed by atoms with Crippen molar-refractivity contribution in [2.45, 2.75) is 0 Å². The van der Waals surface area contributed by atoms with Gasteiger partial charge in [0.05, 0.1) is 0 Å². The maximum absolute atomic E-state index is 8.67. The first-order chi connectivity index (χ1) is 1.73. The van der Waals surface area contributed by atoms with Crippen LogP contribution in [0.25, 0.3) is 0 Å². The molecule has 2 N–H and O–H groups in total. The molecule has 0 aromatic rings. The summed E-state index contributed by atoms with van der Waals surface area (Å²) in [4.78, 5) is 0. The fraction of sp³-hybridized carbons (Fsp3) is 0. The molecule has 0 fully saturated rings. The first kappa shape index (κ1) is 22.6. The first-order valence-corrected chi connectivity index (χ1v) is 1.60. The van der Waals surface area contributed by atoms with E-state index in [1.54, 1.807) is 0 Å². The van der Waals surface area contributed by atoms with Gasteiger partial charge < -0.3 is 0 Å². The molecule has 0 heterocycles. The van der Waals surface area contributed by atoms with Gasteiger partial charge in [-0.3, -0.25) is 9.11 Å². The van der Waals surface area contributed by atoms with E-state index in [2.05, 4.69) is 0 Å². The van der Waals surface area contributed by atoms with Crippen molar-refractivity contribution in [3.63, 3.8) is 0 Å². The Morgan fingerprint density at radius 2 is 1.14 bits per heavy atom. The van der Waals surface area contributed by atoms with E-state index in [0.717, 1.165) is 0 Å². The van der Waals surface area contributed by atoms with Gasteiger partial charge in [-0.2, -0.15) is 4.21 Å². The van der Waals surface area contributed by atoms with Crippen LogP contribution in [0.15, 0.2) is 0 Å². The van der Waals surface area contributed by atoms with Crippen LogP contribution >= 0.6 is 0 Å². The summed E-state index contributed by atoms with van der Waals surface area (Å²) in [5, 5.41) is 0. The van der Waals surface area contributed by atoms with Gasteiger partial charge in [-0.15, -0.1) is 0 Å². The van der Waals surface area contributed by atoms with Crippen LogP contribution in [0.5, 0.6) is 0 Å². The van der Waals surface area contributed by atoms with Gasteiger partial charge in [0.15, 0.2) is 0 Å². The molecule has 0 aliphatic rings. The zero-order valence-electron chi connectivity index (χ0n) is 2.01. The minimum absolute atomic E-state index is 0. The fourth-order valence-corrected chi connectivity index (χ4v) is 0. The van der Waals surface area contributed by atoms with E-state index >= 15 is 0 Å². The van der Waals surface area contributed by atoms with Gasteiger partial charge in [0.25, 0.3) is 11.4 Å². The molecule has 1 radical (unpaired) electrons. The van der Waals surface area contributed by atoms with Crippen molar-refractivity contribution in [2.24, 2.45) is 0 Å². The second-order valence-electron chi connectivity index (χ2n) is 0.231. The summed E-state index contributed by atoms with van der Waals surface area (Å²) in [5.74, 6) is 0. The Balaban J connectivity index is -0.0000000150. The molecule has 0 amide bonds. The predicted molar refractivity (Wildman–Crippen MR) is 27.7 cm³/mol. The summed E-state index contributed by atoms with van der Waals surface area (Å²) in [6.07, 6.45) is 0. The average molecular weight is 327 g/mol. The van der Waals surface area contributed by atoms with Crippen LogP contribution in [-0.2, 0) is 33.7 Å². The van der Waals surface area contributed by atoms with E-state index in [-0.39, 0.29) is 81.5 Å². The van der Waals surface area contributed by atoms with Gasteiger partial charge in [0.2, 0.25) is 0 Å². The van der Waals surface area contributed by atoms with E-state index in [4.69, 9.17) is 13.3 Å². The van der Waals surface area contributed by atoms with Crippen molar-refractivity contribution in [1.82, 2.24) is 0 Å². The molecule has 7 heteroatoms. The number of rotatable bonds is 0. The van der Waals surface area contributed by atoms with Crippen molar-refractivity contribution in [2.75, 3.05) is 0 Å². The van der Waals surface area contributed by atoms with Gasteiger partial charge in [-0.05, 0) is 0 Å². The van der Waals surface area contributed by atoms with Crippen molar-refractivity contribution >= 4 is 70.5 Å². The zero-order valence-corrected chi connectivity index (χ0v) is 5.00. The van der Waals surface area contributed by atoms with Crippen molar-refractivity contribution in [3.05, 3.63) is 0 Å². The Kier molecular flexibility index (Phi) is 51.3. The van der Waals surface area contributed by atoms with Crippen LogP contribution in [0.2, 0.25) is 0 Å². The second kappa shape index (κ2) is 15.9. The third-order valence-electron chi connectivity index (χ3n) is 0. The molecule has 0 rings (SSSR count). The third kappa shape index (κ3) is 51.7. The zero-order chi connectivity index (χ0) is 3.58. The summed E-state index contributed by atoms with van der Waals surface area (Å²) >= 11 is -2.61. The van der Waals surface area contributed by atoms with Gasteiger partial charge in [0.1, 0.15) is 0 Å². The Morgan fingerprint density at radius 3 is 1.14 bits per heavy atom. The normalized spacial score (nSPS) is 5.00. The molecule has 0 aromatic heterocycles. The van der Waals surface area contributed by atoms with E-state index in [0.29, 0.717) is 0 Å². The minimum atomic E-state index is -2.61. The number of hydrogen-bond acceptors (Lipinski definition) is 1. The van der Waals surface area contributed by atoms with Crippen LogP contribution in [0, 0.1) is 0 Å². The molecule has 0 unspecified atom stereocenters. The summed E-state index contributed by atoms with van der Waals surface area (Å²) in [7, 11) is 0. The van der Waals surface area contributed by atoms with Crippen LogP contribution in [0.1, 0.15) is 0 Å². The SMILES string of the molecule is O=S(O)O.[Au].[NaH].[NaH].